The number of nitrogens with zero attached hydrogens (tertiary/aromatic N) is 3. The first-order valence-corrected chi connectivity index (χ1v) is 8.75. The molecule has 0 aliphatic heterocycles. The molecule has 3 heterocycles. The van der Waals surface area contributed by atoms with Crippen molar-refractivity contribution in [1.82, 2.24) is 19.6 Å². The molecule has 1 aliphatic rings. The monoisotopic (exact) mass is 376 g/mol. The van der Waals surface area contributed by atoms with E-state index in [1.807, 2.05) is 31.2 Å². The molecule has 28 heavy (non-hydrogen) atoms. The fourth-order valence-electron chi connectivity index (χ4n) is 3.51. The van der Waals surface area contributed by atoms with Crippen LogP contribution in [0.25, 0.3) is 22.1 Å². The van der Waals surface area contributed by atoms with Gasteiger partial charge in [-0.05, 0) is 36.2 Å². The van der Waals surface area contributed by atoms with Crippen LogP contribution in [0.15, 0.2) is 53.5 Å². The molecule has 1 N–H and O–H groups in total. The van der Waals surface area contributed by atoms with E-state index in [4.69, 9.17) is 4.98 Å². The molecule has 0 fully saturated rings. The van der Waals surface area contributed by atoms with Gasteiger partial charge in [-0.15, -0.1) is 0 Å². The largest absolute Gasteiger partial charge is 0.319 e. The lowest BCUT2D eigenvalue weighted by molar-refractivity contribution is 0.515. The molecule has 0 saturated heterocycles. The first kappa shape index (κ1) is 16.6. The standard InChI is InChI=1S/C21H14F2N4O/c1-11-7-8-24-27-16(19(26-21(11)27)12-3-2-4-12)9-13-10-17(28)25-20-14(13)5-6-15(22)18(20)23/h2-8,10H,9H2,1H3,(H,25,28). The number of pyridine rings is 1. The average molecular weight is 376 g/mol. The van der Waals surface area contributed by atoms with Gasteiger partial charge in [0.25, 0.3) is 0 Å². The Morgan fingerprint density at radius 1 is 1.21 bits per heavy atom. The summed E-state index contributed by atoms with van der Waals surface area (Å²) in [6, 6.07) is 5.82. The predicted octanol–water partition coefficient (Wildman–Crippen LogP) is 3.70. The quantitative estimate of drug-likeness (QED) is 0.593. The SMILES string of the molecule is Cc1ccnn2c(Cc3cc(=O)[nH]c4c(F)c(F)ccc34)c(C3=CC=C3)nc12. The second kappa shape index (κ2) is 5.95. The van der Waals surface area contributed by atoms with Gasteiger partial charge >= 0.3 is 0 Å². The van der Waals surface area contributed by atoms with Crippen LogP contribution >= 0.6 is 0 Å². The summed E-state index contributed by atoms with van der Waals surface area (Å²) in [6.07, 6.45) is 7.80. The fraction of sp³-hybridized carbons (Fsp3) is 0.0952. The van der Waals surface area contributed by atoms with Gasteiger partial charge in [-0.1, -0.05) is 18.2 Å². The molecule has 0 unspecified atom stereocenters. The zero-order chi connectivity index (χ0) is 19.4. The molecular weight excluding hydrogens is 362 g/mol. The van der Waals surface area contributed by atoms with Gasteiger partial charge in [-0.25, -0.2) is 18.3 Å². The van der Waals surface area contributed by atoms with E-state index in [0.29, 0.717) is 17.4 Å². The van der Waals surface area contributed by atoms with Crippen LogP contribution in [0.5, 0.6) is 0 Å². The highest BCUT2D eigenvalue weighted by Crippen LogP contribution is 2.29. The number of hydrogen-bond donors (Lipinski definition) is 1. The fourth-order valence-corrected chi connectivity index (χ4v) is 3.51. The van der Waals surface area contributed by atoms with Gasteiger partial charge in [0.1, 0.15) is 0 Å². The molecule has 0 atom stereocenters. The minimum atomic E-state index is -1.06. The maximum atomic E-state index is 14.2. The van der Waals surface area contributed by atoms with Gasteiger partial charge in [0.15, 0.2) is 17.3 Å². The number of halogens is 2. The Balaban J connectivity index is 1.76. The van der Waals surface area contributed by atoms with Gasteiger partial charge in [0, 0.05) is 29.6 Å². The number of imidazole rings is 1. The van der Waals surface area contributed by atoms with Crippen LogP contribution in [0.2, 0.25) is 0 Å². The minimum absolute atomic E-state index is 0.134. The Morgan fingerprint density at radius 2 is 2.04 bits per heavy atom. The van der Waals surface area contributed by atoms with Crippen molar-refractivity contribution in [2.75, 3.05) is 0 Å². The number of hydrogen-bond acceptors (Lipinski definition) is 3. The number of benzene rings is 1. The number of aromatic nitrogens is 4. The first-order chi connectivity index (χ1) is 13.5. The molecule has 5 nitrogen and oxygen atoms in total. The van der Waals surface area contributed by atoms with Gasteiger partial charge in [-0.2, -0.15) is 5.10 Å². The van der Waals surface area contributed by atoms with Gasteiger partial charge in [0.05, 0.1) is 16.9 Å². The molecule has 0 spiro atoms. The lowest BCUT2D eigenvalue weighted by Gasteiger charge is -2.10. The van der Waals surface area contributed by atoms with E-state index < -0.39 is 17.2 Å². The highest BCUT2D eigenvalue weighted by atomic mass is 19.2. The van der Waals surface area contributed by atoms with Crippen molar-refractivity contribution in [2.45, 2.75) is 13.3 Å². The molecule has 0 bridgehead atoms. The predicted molar refractivity (Wildman–Crippen MR) is 102 cm³/mol. The van der Waals surface area contributed by atoms with Crippen molar-refractivity contribution in [3.8, 4) is 0 Å². The molecule has 7 heteroatoms. The van der Waals surface area contributed by atoms with Gasteiger partial charge < -0.3 is 4.98 Å². The molecule has 4 aromatic rings. The summed E-state index contributed by atoms with van der Waals surface area (Å²) < 4.78 is 29.6. The minimum Gasteiger partial charge on any atom is -0.319 e. The van der Waals surface area contributed by atoms with E-state index in [1.165, 1.54) is 12.1 Å². The molecule has 0 amide bonds. The van der Waals surface area contributed by atoms with Crippen LogP contribution in [0.4, 0.5) is 8.78 Å². The van der Waals surface area contributed by atoms with E-state index in [1.54, 1.807) is 10.7 Å². The summed E-state index contributed by atoms with van der Waals surface area (Å²) in [7, 11) is 0. The number of allylic oxidation sites excluding steroid dienone is 4. The summed E-state index contributed by atoms with van der Waals surface area (Å²) in [6.45, 7) is 1.95. The zero-order valence-electron chi connectivity index (χ0n) is 14.8. The molecule has 0 radical (unpaired) electrons. The number of rotatable bonds is 3. The zero-order valence-corrected chi connectivity index (χ0v) is 14.8. The van der Waals surface area contributed by atoms with Crippen LogP contribution in [0.1, 0.15) is 22.5 Å². The summed E-state index contributed by atoms with van der Waals surface area (Å²) >= 11 is 0. The Morgan fingerprint density at radius 3 is 2.79 bits per heavy atom. The summed E-state index contributed by atoms with van der Waals surface area (Å²) in [5.74, 6) is -2.06. The van der Waals surface area contributed by atoms with E-state index in [9.17, 15) is 13.6 Å². The summed E-state index contributed by atoms with van der Waals surface area (Å²) in [4.78, 5) is 19.2. The number of aromatic amines is 1. The maximum Gasteiger partial charge on any atom is 0.248 e. The molecule has 138 valence electrons. The highest BCUT2D eigenvalue weighted by molar-refractivity contribution is 5.85. The molecule has 0 saturated carbocycles. The van der Waals surface area contributed by atoms with Crippen molar-refractivity contribution in [3.63, 3.8) is 0 Å². The topological polar surface area (TPSA) is 63.1 Å². The Labute approximate surface area is 157 Å². The van der Waals surface area contributed by atoms with Crippen LogP contribution in [-0.4, -0.2) is 19.6 Å². The van der Waals surface area contributed by atoms with Crippen LogP contribution in [0.3, 0.4) is 0 Å². The molecular formula is C21H14F2N4O. The maximum absolute atomic E-state index is 14.2. The Kier molecular flexibility index (Phi) is 3.52. The van der Waals surface area contributed by atoms with E-state index in [0.717, 1.165) is 34.2 Å². The Bertz CT molecular complexity index is 1400. The lowest BCUT2D eigenvalue weighted by atomic mass is 9.98. The highest BCUT2D eigenvalue weighted by Gasteiger charge is 2.20. The number of fused-ring (bicyclic) bond motifs is 2. The second-order valence-corrected chi connectivity index (χ2v) is 6.76. The average Bonchev–Trinajstić information content (AvgIpc) is 2.97. The van der Waals surface area contributed by atoms with Crippen molar-refractivity contribution in [2.24, 2.45) is 0 Å². The normalized spacial score (nSPS) is 13.2. The van der Waals surface area contributed by atoms with Gasteiger partial charge in [0.2, 0.25) is 5.56 Å². The van der Waals surface area contributed by atoms with E-state index in [-0.39, 0.29) is 5.52 Å². The van der Waals surface area contributed by atoms with Crippen molar-refractivity contribution in [1.29, 1.82) is 0 Å². The summed E-state index contributed by atoms with van der Waals surface area (Å²) in [5.41, 5.74) is 4.15. The third-order valence-corrected chi connectivity index (χ3v) is 4.98. The lowest BCUT2D eigenvalue weighted by Crippen LogP contribution is -2.10. The van der Waals surface area contributed by atoms with Crippen molar-refractivity contribution in [3.05, 3.63) is 93.2 Å². The van der Waals surface area contributed by atoms with Gasteiger partial charge in [-0.3, -0.25) is 4.79 Å². The third kappa shape index (κ3) is 2.40. The van der Waals surface area contributed by atoms with E-state index in [2.05, 4.69) is 10.1 Å². The molecule has 1 aliphatic carbocycles. The van der Waals surface area contributed by atoms with Crippen LogP contribution in [-0.2, 0) is 6.42 Å². The Hall–Kier alpha value is -3.61. The second-order valence-electron chi connectivity index (χ2n) is 6.76. The first-order valence-electron chi connectivity index (χ1n) is 8.75. The summed E-state index contributed by atoms with van der Waals surface area (Å²) in [5, 5.41) is 4.87. The molecule has 3 aromatic heterocycles. The van der Waals surface area contributed by atoms with Crippen LogP contribution in [0, 0.1) is 18.6 Å². The third-order valence-electron chi connectivity index (χ3n) is 4.98. The molecule has 5 rings (SSSR count). The van der Waals surface area contributed by atoms with Crippen molar-refractivity contribution < 1.29 is 8.78 Å². The smallest absolute Gasteiger partial charge is 0.248 e. The van der Waals surface area contributed by atoms with Crippen molar-refractivity contribution >= 4 is 22.1 Å². The van der Waals surface area contributed by atoms with Crippen LogP contribution < -0.4 is 5.56 Å². The number of H-pyrrole nitrogens is 1. The number of aryl methyl sites for hydroxylation is 1. The molecule has 1 aromatic carbocycles. The number of nitrogens with one attached hydrogen (secondary N) is 1. The van der Waals surface area contributed by atoms with E-state index >= 15 is 0 Å².